The molecule has 144 valence electrons. The van der Waals surface area contributed by atoms with Crippen molar-refractivity contribution in [1.82, 2.24) is 0 Å². The summed E-state index contributed by atoms with van der Waals surface area (Å²) in [6.45, 7) is 3.27. The maximum Gasteiger partial charge on any atom is 0.339 e. The highest BCUT2D eigenvalue weighted by molar-refractivity contribution is 9.10. The first kappa shape index (κ1) is 20.8. The van der Waals surface area contributed by atoms with Crippen LogP contribution in [0.5, 0.6) is 0 Å². The minimum absolute atomic E-state index is 0.0364. The van der Waals surface area contributed by atoms with Crippen molar-refractivity contribution in [1.29, 1.82) is 0 Å². The number of halogens is 1. The molecule has 1 fully saturated rings. The Hall–Kier alpha value is -1.48. The van der Waals surface area contributed by atoms with Gasteiger partial charge in [0.2, 0.25) is 0 Å². The zero-order chi connectivity index (χ0) is 19.5. The maximum absolute atomic E-state index is 12.4. The molecule has 2 rings (SSSR count). The van der Waals surface area contributed by atoms with Gasteiger partial charge in [-0.3, -0.25) is 0 Å². The highest BCUT2D eigenvalue weighted by atomic mass is 79.9. The lowest BCUT2D eigenvalue weighted by Crippen LogP contribution is -2.71. The predicted molar refractivity (Wildman–Crippen MR) is 97.3 cm³/mol. The van der Waals surface area contributed by atoms with Gasteiger partial charge in [-0.1, -0.05) is 28.1 Å². The van der Waals surface area contributed by atoms with E-state index < -0.39 is 35.1 Å². The van der Waals surface area contributed by atoms with Crippen LogP contribution in [0, 0.1) is 0 Å². The fourth-order valence-electron chi connectivity index (χ4n) is 3.38. The van der Waals surface area contributed by atoms with Gasteiger partial charge in [0.1, 0.15) is 0 Å². The summed E-state index contributed by atoms with van der Waals surface area (Å²) in [5, 5.41) is 22.0. The molecule has 4 N–H and O–H groups in total. The van der Waals surface area contributed by atoms with Crippen LogP contribution in [0.3, 0.4) is 0 Å². The molecule has 0 aromatic heterocycles. The van der Waals surface area contributed by atoms with Crippen molar-refractivity contribution >= 4 is 27.9 Å². The van der Waals surface area contributed by atoms with Gasteiger partial charge in [0.25, 0.3) is 0 Å². The van der Waals surface area contributed by atoms with E-state index >= 15 is 0 Å². The second kappa shape index (κ2) is 8.04. The number of carbonyl (C=O) groups excluding carboxylic acids is 2. The Kier molecular flexibility index (Phi) is 6.44. The summed E-state index contributed by atoms with van der Waals surface area (Å²) < 4.78 is 10.8. The Balaban J connectivity index is 2.47. The van der Waals surface area contributed by atoms with E-state index in [1.54, 1.807) is 38.1 Å². The maximum atomic E-state index is 12.4. The molecule has 7 nitrogen and oxygen atoms in total. The van der Waals surface area contributed by atoms with Crippen molar-refractivity contribution in [3.8, 4) is 0 Å². The molecule has 1 aliphatic rings. The summed E-state index contributed by atoms with van der Waals surface area (Å²) in [6, 6.07) is 5.62. The van der Waals surface area contributed by atoms with E-state index in [2.05, 4.69) is 15.9 Å². The molecule has 0 aliphatic heterocycles. The Morgan fingerprint density at radius 2 is 1.50 bits per heavy atom. The molecule has 0 spiro atoms. The van der Waals surface area contributed by atoms with E-state index in [-0.39, 0.29) is 26.1 Å². The Morgan fingerprint density at radius 3 is 1.88 bits per heavy atom. The normalized spacial score (nSPS) is 31.3. The molecule has 1 aliphatic carbocycles. The number of ether oxygens (including phenoxy) is 2. The third-order valence-electron chi connectivity index (χ3n) is 4.74. The first-order valence-corrected chi connectivity index (χ1v) is 9.28. The van der Waals surface area contributed by atoms with Gasteiger partial charge >= 0.3 is 11.9 Å². The quantitative estimate of drug-likeness (QED) is 0.602. The Morgan fingerprint density at radius 1 is 1.08 bits per heavy atom. The van der Waals surface area contributed by atoms with Gasteiger partial charge in [-0.05, 0) is 50.3 Å². The number of carbonyl (C=O) groups is 2. The average Bonchev–Trinajstić information content (AvgIpc) is 2.60. The monoisotopic (exact) mass is 429 g/mol. The minimum atomic E-state index is -2.21. The number of nitrogens with two attached hydrogens (primary N) is 1. The van der Waals surface area contributed by atoms with Gasteiger partial charge in [0.15, 0.2) is 11.2 Å². The van der Waals surface area contributed by atoms with E-state index in [1.807, 2.05) is 0 Å². The van der Waals surface area contributed by atoms with E-state index in [1.165, 1.54) is 0 Å². The second-order valence-electron chi connectivity index (χ2n) is 6.42. The van der Waals surface area contributed by atoms with Crippen LogP contribution in [0.25, 0.3) is 0 Å². The number of hydrogen-bond acceptors (Lipinski definition) is 7. The van der Waals surface area contributed by atoms with Gasteiger partial charge in [-0.25, -0.2) is 9.59 Å². The molecule has 0 bridgehead atoms. The Bertz CT molecular complexity index is 632. The van der Waals surface area contributed by atoms with Crippen molar-refractivity contribution in [3.05, 3.63) is 34.3 Å². The summed E-state index contributed by atoms with van der Waals surface area (Å²) in [5.41, 5.74) is 2.33. The van der Waals surface area contributed by atoms with Crippen LogP contribution in [-0.4, -0.2) is 52.6 Å². The van der Waals surface area contributed by atoms with Crippen LogP contribution in [-0.2, 0) is 19.1 Å². The molecule has 0 heterocycles. The summed E-state index contributed by atoms with van der Waals surface area (Å²) >= 11 is 3.34. The van der Waals surface area contributed by atoms with Crippen LogP contribution in [0.1, 0.15) is 38.2 Å². The fourth-order valence-corrected chi connectivity index (χ4v) is 3.64. The molecule has 1 saturated carbocycles. The molecule has 1 aromatic rings. The molecule has 4 atom stereocenters. The average molecular weight is 430 g/mol. The van der Waals surface area contributed by atoms with Crippen molar-refractivity contribution in [2.45, 2.75) is 49.9 Å². The SMILES string of the molecule is CCOC(=O)[C@]1(O)CC(c2ccc(Br)cc2)C[C@](O)(C(=O)OCC)C1N. The van der Waals surface area contributed by atoms with Gasteiger partial charge in [-0.15, -0.1) is 0 Å². The third-order valence-corrected chi connectivity index (χ3v) is 5.27. The zero-order valence-electron chi connectivity index (χ0n) is 14.8. The Labute approximate surface area is 160 Å². The van der Waals surface area contributed by atoms with Crippen LogP contribution < -0.4 is 5.73 Å². The number of hydrogen-bond donors (Lipinski definition) is 3. The molecule has 0 radical (unpaired) electrons. The number of esters is 2. The standard InChI is InChI=1S/C18H24BrNO6/c1-3-25-15(21)17(23)9-12(11-5-7-13(19)8-6-11)10-18(24,14(17)20)16(22)26-4-2/h5-8,12,14,23-24H,3-4,9-10,20H2,1-2H3/t12?,14?,17-,18+. The molecular formula is C18H24BrNO6. The molecule has 0 saturated heterocycles. The third kappa shape index (κ3) is 3.78. The van der Waals surface area contributed by atoms with Gasteiger partial charge in [0, 0.05) is 4.47 Å². The van der Waals surface area contributed by atoms with Crippen LogP contribution in [0.4, 0.5) is 0 Å². The van der Waals surface area contributed by atoms with Crippen LogP contribution in [0.15, 0.2) is 28.7 Å². The van der Waals surface area contributed by atoms with E-state index in [9.17, 15) is 19.8 Å². The van der Waals surface area contributed by atoms with Crippen molar-refractivity contribution in [3.63, 3.8) is 0 Å². The van der Waals surface area contributed by atoms with E-state index in [0.29, 0.717) is 0 Å². The summed E-state index contributed by atoms with van der Waals surface area (Å²) in [5.74, 6) is -2.42. The molecule has 26 heavy (non-hydrogen) atoms. The largest absolute Gasteiger partial charge is 0.464 e. The first-order valence-electron chi connectivity index (χ1n) is 8.49. The summed E-state index contributed by atoms with van der Waals surface area (Å²) in [4.78, 5) is 24.8. The summed E-state index contributed by atoms with van der Waals surface area (Å²) in [6.07, 6.45) is -0.146. The van der Waals surface area contributed by atoms with Crippen molar-refractivity contribution in [2.75, 3.05) is 13.2 Å². The first-order chi connectivity index (χ1) is 12.2. The topological polar surface area (TPSA) is 119 Å². The molecule has 2 unspecified atom stereocenters. The number of rotatable bonds is 5. The van der Waals surface area contributed by atoms with Crippen molar-refractivity contribution < 1.29 is 29.3 Å². The van der Waals surface area contributed by atoms with Gasteiger partial charge < -0.3 is 25.4 Å². The molecule has 1 aromatic carbocycles. The van der Waals surface area contributed by atoms with Crippen LogP contribution >= 0.6 is 15.9 Å². The number of aliphatic hydroxyl groups is 2. The van der Waals surface area contributed by atoms with E-state index in [0.717, 1.165) is 10.0 Å². The molecular weight excluding hydrogens is 406 g/mol. The zero-order valence-corrected chi connectivity index (χ0v) is 16.4. The lowest BCUT2D eigenvalue weighted by atomic mass is 9.64. The predicted octanol–water partition coefficient (Wildman–Crippen LogP) is 1.24. The lowest BCUT2D eigenvalue weighted by molar-refractivity contribution is -0.198. The van der Waals surface area contributed by atoms with Crippen LogP contribution in [0.2, 0.25) is 0 Å². The minimum Gasteiger partial charge on any atom is -0.464 e. The second-order valence-corrected chi connectivity index (χ2v) is 7.34. The number of benzene rings is 1. The van der Waals surface area contributed by atoms with E-state index in [4.69, 9.17) is 15.2 Å². The lowest BCUT2D eigenvalue weighted by Gasteiger charge is -2.47. The van der Waals surface area contributed by atoms with Gasteiger partial charge in [0.05, 0.1) is 19.3 Å². The molecule has 8 heteroatoms. The highest BCUT2D eigenvalue weighted by Gasteiger charge is 2.62. The fraction of sp³-hybridized carbons (Fsp3) is 0.556. The van der Waals surface area contributed by atoms with Gasteiger partial charge in [-0.2, -0.15) is 0 Å². The highest BCUT2D eigenvalue weighted by Crippen LogP contribution is 2.44. The smallest absolute Gasteiger partial charge is 0.339 e. The summed E-state index contributed by atoms with van der Waals surface area (Å²) in [7, 11) is 0. The van der Waals surface area contributed by atoms with Crippen molar-refractivity contribution in [2.24, 2.45) is 5.73 Å². The molecule has 0 amide bonds.